The summed E-state index contributed by atoms with van der Waals surface area (Å²) in [6.07, 6.45) is 1.05. The van der Waals surface area contributed by atoms with Crippen molar-refractivity contribution in [3.63, 3.8) is 0 Å². The molecule has 0 spiro atoms. The van der Waals surface area contributed by atoms with Gasteiger partial charge in [-0.15, -0.1) is 13.2 Å². The van der Waals surface area contributed by atoms with Crippen molar-refractivity contribution in [3.05, 3.63) is 64.2 Å². The van der Waals surface area contributed by atoms with Crippen molar-refractivity contribution in [2.45, 2.75) is 51.8 Å². The van der Waals surface area contributed by atoms with Crippen LogP contribution in [0.3, 0.4) is 0 Å². The van der Waals surface area contributed by atoms with Gasteiger partial charge >= 0.3 is 6.36 Å². The first-order chi connectivity index (χ1) is 14.1. The number of rotatable bonds is 6. The quantitative estimate of drug-likeness (QED) is 0.262. The molecule has 0 aliphatic heterocycles. The van der Waals surface area contributed by atoms with Crippen LogP contribution in [-0.4, -0.2) is 6.36 Å². The summed E-state index contributed by atoms with van der Waals surface area (Å²) in [7, 11) is 0. The van der Waals surface area contributed by atoms with Gasteiger partial charge in [0.2, 0.25) is 5.75 Å². The predicted molar refractivity (Wildman–Crippen MR) is 98.0 cm³/mol. The highest BCUT2D eigenvalue weighted by atomic mass is 19.4. The van der Waals surface area contributed by atoms with E-state index in [-0.39, 0.29) is 12.0 Å². The molecule has 2 aromatic rings. The SMILES string of the molecule is CCCCCC1=CCc2c(cc(F)c(-c3cc(F)c(OC(F)(F)F)c(F)c3)c2F)C1. The molecule has 0 saturated heterocycles. The molecule has 0 bridgehead atoms. The van der Waals surface area contributed by atoms with E-state index in [2.05, 4.69) is 11.7 Å². The van der Waals surface area contributed by atoms with Crippen LogP contribution in [0.15, 0.2) is 29.8 Å². The van der Waals surface area contributed by atoms with Crippen molar-refractivity contribution >= 4 is 0 Å². The molecule has 1 nitrogen and oxygen atoms in total. The van der Waals surface area contributed by atoms with Gasteiger partial charge in [0.15, 0.2) is 11.6 Å². The van der Waals surface area contributed by atoms with E-state index in [1.165, 1.54) is 0 Å². The average molecular weight is 432 g/mol. The van der Waals surface area contributed by atoms with E-state index < -0.39 is 46.5 Å². The summed E-state index contributed by atoms with van der Waals surface area (Å²) < 4.78 is 97.9. The highest BCUT2D eigenvalue weighted by Crippen LogP contribution is 2.38. The third-order valence-electron chi connectivity index (χ3n) is 5.03. The topological polar surface area (TPSA) is 9.23 Å². The summed E-state index contributed by atoms with van der Waals surface area (Å²) in [5.74, 6) is -7.11. The fraction of sp³-hybridized carbons (Fsp3) is 0.364. The monoisotopic (exact) mass is 432 g/mol. The third kappa shape index (κ3) is 4.79. The highest BCUT2D eigenvalue weighted by Gasteiger charge is 2.34. The van der Waals surface area contributed by atoms with Crippen LogP contribution in [0, 0.1) is 23.3 Å². The molecule has 1 aliphatic rings. The van der Waals surface area contributed by atoms with Gasteiger partial charge in [-0.3, -0.25) is 0 Å². The lowest BCUT2D eigenvalue weighted by Gasteiger charge is -2.20. The van der Waals surface area contributed by atoms with Gasteiger partial charge < -0.3 is 4.74 Å². The van der Waals surface area contributed by atoms with E-state index in [0.717, 1.165) is 37.3 Å². The Kier molecular flexibility index (Phi) is 6.43. The normalized spacial score (nSPS) is 13.8. The number of unbranched alkanes of at least 4 members (excludes halogenated alkanes) is 2. The molecule has 0 fully saturated rings. The first-order valence-electron chi connectivity index (χ1n) is 9.53. The van der Waals surface area contributed by atoms with Crippen LogP contribution in [0.1, 0.15) is 43.7 Å². The van der Waals surface area contributed by atoms with Crippen LogP contribution in [0.5, 0.6) is 5.75 Å². The van der Waals surface area contributed by atoms with Crippen LogP contribution < -0.4 is 4.74 Å². The molecule has 2 aromatic carbocycles. The minimum absolute atomic E-state index is 0.205. The number of ether oxygens (including phenoxy) is 1. The second-order valence-corrected chi connectivity index (χ2v) is 7.20. The summed E-state index contributed by atoms with van der Waals surface area (Å²) in [6.45, 7) is 2.07. The second-order valence-electron chi connectivity index (χ2n) is 7.20. The molecule has 3 rings (SSSR count). The molecule has 0 heterocycles. The van der Waals surface area contributed by atoms with Crippen molar-refractivity contribution in [2.24, 2.45) is 0 Å². The number of allylic oxidation sites excluding steroid dienone is 2. The van der Waals surface area contributed by atoms with Gasteiger partial charge in [-0.25, -0.2) is 17.6 Å². The molecular weight excluding hydrogens is 413 g/mol. The molecule has 0 radical (unpaired) electrons. The summed E-state index contributed by atoms with van der Waals surface area (Å²) in [6, 6.07) is 1.97. The van der Waals surface area contributed by atoms with Crippen molar-refractivity contribution in [3.8, 4) is 16.9 Å². The van der Waals surface area contributed by atoms with Crippen molar-refractivity contribution < 1.29 is 35.5 Å². The maximum absolute atomic E-state index is 15.0. The Balaban J connectivity index is 1.95. The molecule has 30 heavy (non-hydrogen) atoms. The van der Waals surface area contributed by atoms with E-state index in [9.17, 15) is 26.3 Å². The molecule has 0 atom stereocenters. The van der Waals surface area contributed by atoms with Crippen LogP contribution in [-0.2, 0) is 12.8 Å². The number of benzene rings is 2. The lowest BCUT2D eigenvalue weighted by molar-refractivity contribution is -0.276. The van der Waals surface area contributed by atoms with E-state index in [1.807, 2.05) is 6.08 Å². The van der Waals surface area contributed by atoms with Gasteiger partial charge in [0, 0.05) is 0 Å². The van der Waals surface area contributed by atoms with E-state index in [4.69, 9.17) is 0 Å². The van der Waals surface area contributed by atoms with Gasteiger partial charge in [0.05, 0.1) is 5.56 Å². The summed E-state index contributed by atoms with van der Waals surface area (Å²) in [5.41, 5.74) is 0.513. The number of halogens is 7. The predicted octanol–water partition coefficient (Wildman–Crippen LogP) is 7.41. The Labute approximate surface area is 169 Å². The Morgan fingerprint density at radius 2 is 1.60 bits per heavy atom. The summed E-state index contributed by atoms with van der Waals surface area (Å²) in [5, 5.41) is 0. The fourth-order valence-electron chi connectivity index (χ4n) is 3.63. The number of hydrogen-bond donors (Lipinski definition) is 0. The van der Waals surface area contributed by atoms with Crippen LogP contribution in [0.2, 0.25) is 0 Å². The van der Waals surface area contributed by atoms with Gasteiger partial charge in [-0.05, 0) is 60.6 Å². The smallest absolute Gasteiger partial charge is 0.399 e. The zero-order chi connectivity index (χ0) is 22.1. The van der Waals surface area contributed by atoms with E-state index >= 15 is 4.39 Å². The van der Waals surface area contributed by atoms with Gasteiger partial charge in [0.1, 0.15) is 11.6 Å². The van der Waals surface area contributed by atoms with Crippen LogP contribution in [0.4, 0.5) is 30.7 Å². The summed E-state index contributed by atoms with van der Waals surface area (Å²) >= 11 is 0. The van der Waals surface area contributed by atoms with Crippen molar-refractivity contribution in [1.29, 1.82) is 0 Å². The zero-order valence-electron chi connectivity index (χ0n) is 16.1. The molecular formula is C22H19F7O. The van der Waals surface area contributed by atoms with Crippen LogP contribution >= 0.6 is 0 Å². The molecule has 0 saturated carbocycles. The zero-order valence-corrected chi connectivity index (χ0v) is 16.1. The Morgan fingerprint density at radius 1 is 0.933 bits per heavy atom. The lowest BCUT2D eigenvalue weighted by atomic mass is 9.86. The Morgan fingerprint density at radius 3 is 2.20 bits per heavy atom. The van der Waals surface area contributed by atoms with E-state index in [0.29, 0.717) is 24.1 Å². The minimum atomic E-state index is -5.31. The highest BCUT2D eigenvalue weighted by molar-refractivity contribution is 5.68. The molecule has 0 N–H and O–H groups in total. The maximum Gasteiger partial charge on any atom is 0.573 e. The lowest BCUT2D eigenvalue weighted by Crippen LogP contribution is -2.19. The largest absolute Gasteiger partial charge is 0.573 e. The second kappa shape index (κ2) is 8.70. The average Bonchev–Trinajstić information content (AvgIpc) is 2.64. The summed E-state index contributed by atoms with van der Waals surface area (Å²) in [4.78, 5) is 0. The van der Waals surface area contributed by atoms with Gasteiger partial charge in [-0.2, -0.15) is 0 Å². The standard InChI is InChI=1S/C22H19F7O/c1-2-3-4-5-12-6-7-15-13(8-12)9-16(23)19(20(15)26)14-10-17(24)21(18(25)11-14)30-22(27,28)29/h6,9-11H,2-5,7-8H2,1H3. The van der Waals surface area contributed by atoms with Crippen molar-refractivity contribution in [2.75, 3.05) is 0 Å². The van der Waals surface area contributed by atoms with Gasteiger partial charge in [-0.1, -0.05) is 31.4 Å². The Hall–Kier alpha value is -2.51. The molecule has 0 amide bonds. The van der Waals surface area contributed by atoms with Crippen LogP contribution in [0.25, 0.3) is 11.1 Å². The van der Waals surface area contributed by atoms with Gasteiger partial charge in [0.25, 0.3) is 0 Å². The molecule has 0 aromatic heterocycles. The number of hydrogen-bond acceptors (Lipinski definition) is 1. The number of fused-ring (bicyclic) bond motifs is 1. The minimum Gasteiger partial charge on any atom is -0.399 e. The molecule has 0 unspecified atom stereocenters. The molecule has 162 valence electrons. The Bertz CT molecular complexity index is 953. The third-order valence-corrected chi connectivity index (χ3v) is 5.03. The maximum atomic E-state index is 15.0. The van der Waals surface area contributed by atoms with Crippen molar-refractivity contribution in [1.82, 2.24) is 0 Å². The fourth-order valence-corrected chi connectivity index (χ4v) is 3.63. The van der Waals surface area contributed by atoms with E-state index in [1.54, 1.807) is 0 Å². The number of alkyl halides is 3. The first-order valence-corrected chi connectivity index (χ1v) is 9.53. The molecule has 8 heteroatoms. The first kappa shape index (κ1) is 22.2. The molecule has 1 aliphatic carbocycles.